The Morgan fingerprint density at radius 3 is 2.26 bits per heavy atom. The van der Waals surface area contributed by atoms with Crippen molar-refractivity contribution < 1.29 is 18.1 Å². The highest BCUT2D eigenvalue weighted by Gasteiger charge is 2.19. The first-order valence-electron chi connectivity index (χ1n) is 9.34. The number of sulfonamides is 1. The normalized spacial score (nSPS) is 11.1. The van der Waals surface area contributed by atoms with Crippen LogP contribution in [0.1, 0.15) is 27.0 Å². The van der Waals surface area contributed by atoms with E-state index in [0.29, 0.717) is 11.4 Å². The lowest BCUT2D eigenvalue weighted by molar-refractivity contribution is -0.385. The zero-order valence-corrected chi connectivity index (χ0v) is 18.0. The highest BCUT2D eigenvalue weighted by molar-refractivity contribution is 7.92. The third-order valence-corrected chi connectivity index (χ3v) is 6.18. The maximum atomic E-state index is 12.7. The van der Waals surface area contributed by atoms with Gasteiger partial charge >= 0.3 is 0 Å². The molecule has 0 saturated heterocycles. The van der Waals surface area contributed by atoms with Crippen molar-refractivity contribution in [3.8, 4) is 0 Å². The number of nitrogens with one attached hydrogen (secondary N) is 2. The molecule has 3 aromatic rings. The largest absolute Gasteiger partial charge is 0.322 e. The van der Waals surface area contributed by atoms with E-state index in [0.717, 1.165) is 11.1 Å². The lowest BCUT2D eigenvalue weighted by Crippen LogP contribution is -2.15. The van der Waals surface area contributed by atoms with E-state index in [4.69, 9.17) is 0 Å². The van der Waals surface area contributed by atoms with Crippen molar-refractivity contribution in [3.05, 3.63) is 93.0 Å². The first kappa shape index (κ1) is 22.0. The van der Waals surface area contributed by atoms with Crippen LogP contribution in [0.3, 0.4) is 0 Å². The molecule has 0 heterocycles. The summed E-state index contributed by atoms with van der Waals surface area (Å²) in [5.41, 5.74) is 2.96. The number of hydrogen-bond acceptors (Lipinski definition) is 5. The van der Waals surface area contributed by atoms with Crippen molar-refractivity contribution in [1.82, 2.24) is 0 Å². The van der Waals surface area contributed by atoms with Gasteiger partial charge in [0.05, 0.1) is 15.5 Å². The van der Waals surface area contributed by atoms with Crippen LogP contribution in [-0.2, 0) is 10.0 Å². The number of amides is 1. The minimum absolute atomic E-state index is 0.0389. The molecule has 31 heavy (non-hydrogen) atoms. The van der Waals surface area contributed by atoms with E-state index in [1.807, 2.05) is 26.0 Å². The Hall–Kier alpha value is -3.72. The lowest BCUT2D eigenvalue weighted by Gasteiger charge is -2.12. The molecule has 3 rings (SSSR count). The number of carbonyl (C=O) groups excluding carboxylic acids is 1. The molecule has 1 amide bonds. The van der Waals surface area contributed by atoms with Gasteiger partial charge in [-0.2, -0.15) is 0 Å². The number of aryl methyl sites for hydroxylation is 2. The Morgan fingerprint density at radius 1 is 0.968 bits per heavy atom. The zero-order chi connectivity index (χ0) is 22.8. The molecule has 0 radical (unpaired) electrons. The van der Waals surface area contributed by atoms with E-state index in [1.165, 1.54) is 49.4 Å². The van der Waals surface area contributed by atoms with Crippen molar-refractivity contribution in [3.63, 3.8) is 0 Å². The van der Waals surface area contributed by atoms with Gasteiger partial charge < -0.3 is 5.32 Å². The van der Waals surface area contributed by atoms with Crippen LogP contribution in [-0.4, -0.2) is 19.2 Å². The monoisotopic (exact) mass is 439 g/mol. The van der Waals surface area contributed by atoms with Crippen LogP contribution < -0.4 is 10.0 Å². The summed E-state index contributed by atoms with van der Waals surface area (Å²) in [6.45, 7) is 5.24. The summed E-state index contributed by atoms with van der Waals surface area (Å²) in [6.07, 6.45) is 0. The second-order valence-electron chi connectivity index (χ2n) is 7.11. The molecule has 0 aliphatic carbocycles. The molecule has 0 unspecified atom stereocenters. The molecule has 0 aromatic heterocycles. The van der Waals surface area contributed by atoms with Crippen molar-refractivity contribution in [2.45, 2.75) is 25.7 Å². The molecule has 0 aliphatic rings. The highest BCUT2D eigenvalue weighted by Crippen LogP contribution is 2.24. The number of anilines is 2. The fourth-order valence-electron chi connectivity index (χ4n) is 3.11. The number of rotatable bonds is 6. The van der Waals surface area contributed by atoms with Gasteiger partial charge in [0.15, 0.2) is 0 Å². The molecule has 0 spiro atoms. The summed E-state index contributed by atoms with van der Waals surface area (Å²) in [4.78, 5) is 23.1. The Kier molecular flexibility index (Phi) is 6.07. The standard InChI is InChI=1S/C22H21N3O5S/c1-14-7-12-20(15(2)13-14)24-31(29,30)18-10-8-17(9-11-18)23-22(26)19-5-4-6-21(16(19)3)25(27)28/h4-13,24H,1-3H3,(H,23,26). The van der Waals surface area contributed by atoms with Crippen LogP contribution in [0.15, 0.2) is 65.6 Å². The molecule has 0 bridgehead atoms. The van der Waals surface area contributed by atoms with Gasteiger partial charge in [-0.05, 0) is 62.7 Å². The van der Waals surface area contributed by atoms with E-state index >= 15 is 0 Å². The number of hydrogen-bond donors (Lipinski definition) is 2. The first-order valence-corrected chi connectivity index (χ1v) is 10.8. The van der Waals surface area contributed by atoms with E-state index in [1.54, 1.807) is 6.07 Å². The first-order chi connectivity index (χ1) is 14.6. The van der Waals surface area contributed by atoms with E-state index < -0.39 is 20.9 Å². The smallest absolute Gasteiger partial charge is 0.273 e. The number of carbonyl (C=O) groups is 1. The van der Waals surface area contributed by atoms with E-state index in [2.05, 4.69) is 10.0 Å². The van der Waals surface area contributed by atoms with Gasteiger partial charge in [-0.15, -0.1) is 0 Å². The average molecular weight is 439 g/mol. The Balaban J connectivity index is 1.78. The lowest BCUT2D eigenvalue weighted by atomic mass is 10.1. The molecule has 0 aliphatic heterocycles. The van der Waals surface area contributed by atoms with Gasteiger partial charge in [0.1, 0.15) is 0 Å². The Labute approximate surface area is 180 Å². The second-order valence-corrected chi connectivity index (χ2v) is 8.79. The molecule has 0 fully saturated rings. The molecule has 160 valence electrons. The van der Waals surface area contributed by atoms with Crippen LogP contribution in [0.25, 0.3) is 0 Å². The summed E-state index contributed by atoms with van der Waals surface area (Å²) in [5, 5.41) is 13.7. The van der Waals surface area contributed by atoms with Crippen molar-refractivity contribution in [1.29, 1.82) is 0 Å². The Bertz CT molecular complexity index is 1270. The molecule has 0 saturated carbocycles. The van der Waals surface area contributed by atoms with Gasteiger partial charge in [-0.3, -0.25) is 19.6 Å². The fraction of sp³-hybridized carbons (Fsp3) is 0.136. The maximum absolute atomic E-state index is 12.7. The topological polar surface area (TPSA) is 118 Å². The van der Waals surface area contributed by atoms with Crippen LogP contribution in [0.4, 0.5) is 17.1 Å². The van der Waals surface area contributed by atoms with Crippen molar-refractivity contribution >= 4 is 33.0 Å². The minimum atomic E-state index is -3.81. The summed E-state index contributed by atoms with van der Waals surface area (Å²) in [7, 11) is -3.81. The molecular formula is C22H21N3O5S. The summed E-state index contributed by atoms with van der Waals surface area (Å²) in [5.74, 6) is -0.523. The van der Waals surface area contributed by atoms with Crippen LogP contribution in [0, 0.1) is 30.9 Å². The molecular weight excluding hydrogens is 418 g/mol. The van der Waals surface area contributed by atoms with Crippen molar-refractivity contribution in [2.75, 3.05) is 10.0 Å². The minimum Gasteiger partial charge on any atom is -0.322 e. The molecule has 8 nitrogen and oxygen atoms in total. The Morgan fingerprint density at radius 2 is 1.65 bits per heavy atom. The van der Waals surface area contributed by atoms with Crippen molar-refractivity contribution in [2.24, 2.45) is 0 Å². The van der Waals surface area contributed by atoms with E-state index in [9.17, 15) is 23.3 Å². The number of benzene rings is 3. The number of nitro benzene ring substituents is 1. The van der Waals surface area contributed by atoms with Gasteiger partial charge in [-0.1, -0.05) is 23.8 Å². The van der Waals surface area contributed by atoms with Gasteiger partial charge in [0.25, 0.3) is 21.6 Å². The second kappa shape index (κ2) is 8.57. The van der Waals surface area contributed by atoms with E-state index in [-0.39, 0.29) is 21.7 Å². The van der Waals surface area contributed by atoms with Crippen LogP contribution in [0.2, 0.25) is 0 Å². The summed E-state index contributed by atoms with van der Waals surface area (Å²) in [6, 6.07) is 15.3. The summed E-state index contributed by atoms with van der Waals surface area (Å²) >= 11 is 0. The SMILES string of the molecule is Cc1ccc(NS(=O)(=O)c2ccc(NC(=O)c3cccc([N+](=O)[O-])c3C)cc2)c(C)c1. The third-order valence-electron chi connectivity index (χ3n) is 4.80. The van der Waals surface area contributed by atoms with Crippen LogP contribution in [0.5, 0.6) is 0 Å². The quantitative estimate of drug-likeness (QED) is 0.431. The van der Waals surface area contributed by atoms with Gasteiger partial charge in [-0.25, -0.2) is 8.42 Å². The van der Waals surface area contributed by atoms with Gasteiger partial charge in [0.2, 0.25) is 0 Å². The predicted octanol–water partition coefficient (Wildman–Crippen LogP) is 4.57. The molecule has 3 aromatic carbocycles. The number of nitrogens with zero attached hydrogens (tertiary/aromatic N) is 1. The third kappa shape index (κ3) is 4.89. The number of nitro groups is 1. The highest BCUT2D eigenvalue weighted by atomic mass is 32.2. The predicted molar refractivity (Wildman–Crippen MR) is 119 cm³/mol. The van der Waals surface area contributed by atoms with Crippen LogP contribution >= 0.6 is 0 Å². The average Bonchev–Trinajstić information content (AvgIpc) is 2.70. The molecule has 2 N–H and O–H groups in total. The fourth-order valence-corrected chi connectivity index (χ4v) is 4.25. The summed E-state index contributed by atoms with van der Waals surface area (Å²) < 4.78 is 27.9. The zero-order valence-electron chi connectivity index (χ0n) is 17.2. The van der Waals surface area contributed by atoms with Gasteiger partial charge in [0, 0.05) is 22.9 Å². The molecule has 9 heteroatoms. The molecule has 0 atom stereocenters. The maximum Gasteiger partial charge on any atom is 0.273 e.